The molecule has 0 spiro atoms. The third-order valence-corrected chi connectivity index (χ3v) is 4.46. The Bertz CT molecular complexity index is 1060. The predicted molar refractivity (Wildman–Crippen MR) is 100 cm³/mol. The lowest BCUT2D eigenvalue weighted by molar-refractivity contribution is -0.129. The highest BCUT2D eigenvalue weighted by Crippen LogP contribution is 2.26. The number of aliphatic imine (C=N–C) groups is 1. The normalized spacial score (nSPS) is 15.5. The van der Waals surface area contributed by atoms with Crippen molar-refractivity contribution in [1.29, 1.82) is 0 Å². The number of rotatable bonds is 2. The van der Waals surface area contributed by atoms with Crippen LogP contribution in [0.2, 0.25) is 0 Å². The fourth-order valence-corrected chi connectivity index (χ4v) is 3.08. The van der Waals surface area contributed by atoms with Gasteiger partial charge in [0.05, 0.1) is 0 Å². The number of nitrogens with zero attached hydrogens (tertiary/aromatic N) is 1. The van der Waals surface area contributed by atoms with E-state index < -0.39 is 5.97 Å². The smallest absolute Gasteiger partial charge is 0.363 e. The van der Waals surface area contributed by atoms with Crippen LogP contribution in [0.4, 0.5) is 0 Å². The van der Waals surface area contributed by atoms with Crippen LogP contribution in [-0.4, -0.2) is 11.9 Å². The summed E-state index contributed by atoms with van der Waals surface area (Å²) in [6.45, 7) is 4.05. The largest absolute Gasteiger partial charge is 0.402 e. The molecular weight excluding hydrogens is 310 g/mol. The Morgan fingerprint density at radius 3 is 2.36 bits per heavy atom. The van der Waals surface area contributed by atoms with Gasteiger partial charge in [0.15, 0.2) is 5.70 Å². The number of cyclic esters (lactones) is 1. The Morgan fingerprint density at radius 1 is 0.840 bits per heavy atom. The molecule has 0 bridgehead atoms. The van der Waals surface area contributed by atoms with Crippen LogP contribution in [0.1, 0.15) is 22.3 Å². The van der Waals surface area contributed by atoms with Crippen LogP contribution in [0, 0.1) is 13.8 Å². The van der Waals surface area contributed by atoms with E-state index in [9.17, 15) is 4.79 Å². The van der Waals surface area contributed by atoms with Crippen LogP contribution < -0.4 is 0 Å². The molecule has 3 nitrogen and oxygen atoms in total. The molecule has 1 aliphatic rings. The molecule has 0 saturated heterocycles. The minimum atomic E-state index is -0.414. The van der Waals surface area contributed by atoms with Gasteiger partial charge in [0.25, 0.3) is 0 Å². The molecule has 0 unspecified atom stereocenters. The van der Waals surface area contributed by atoms with E-state index >= 15 is 0 Å². The fourth-order valence-electron chi connectivity index (χ4n) is 3.08. The van der Waals surface area contributed by atoms with Gasteiger partial charge in [-0.2, -0.15) is 0 Å². The number of ether oxygens (including phenoxy) is 1. The molecule has 3 aromatic rings. The minimum Gasteiger partial charge on any atom is -0.402 e. The van der Waals surface area contributed by atoms with E-state index in [1.165, 1.54) is 10.9 Å². The maximum Gasteiger partial charge on any atom is 0.363 e. The van der Waals surface area contributed by atoms with Crippen molar-refractivity contribution in [3.63, 3.8) is 0 Å². The van der Waals surface area contributed by atoms with E-state index in [-0.39, 0.29) is 0 Å². The highest BCUT2D eigenvalue weighted by molar-refractivity contribution is 6.14. The molecule has 3 aromatic carbocycles. The number of hydrogen-bond acceptors (Lipinski definition) is 3. The van der Waals surface area contributed by atoms with Gasteiger partial charge in [-0.3, -0.25) is 0 Å². The minimum absolute atomic E-state index is 0.326. The lowest BCUT2D eigenvalue weighted by atomic mass is 10.00. The maximum absolute atomic E-state index is 12.3. The van der Waals surface area contributed by atoms with Crippen LogP contribution in [-0.2, 0) is 9.53 Å². The zero-order valence-corrected chi connectivity index (χ0v) is 14.1. The molecular formula is C22H17NO2. The molecule has 0 aliphatic carbocycles. The standard InChI is InChI=1S/C22H17NO2/c1-14-7-3-4-9-18(14)21-23-20(22(24)25-21)13-16-12-11-15(2)17-8-5-6-10-19(16)17/h3-13H,1-2H3/b20-13-. The Balaban J connectivity index is 1.81. The molecule has 0 atom stereocenters. The van der Waals surface area contributed by atoms with Crippen molar-refractivity contribution in [1.82, 2.24) is 0 Å². The summed E-state index contributed by atoms with van der Waals surface area (Å²) in [5.41, 5.74) is 4.36. The van der Waals surface area contributed by atoms with Crippen molar-refractivity contribution in [2.75, 3.05) is 0 Å². The number of carbonyl (C=O) groups excluding carboxylic acids is 1. The second-order valence-electron chi connectivity index (χ2n) is 6.17. The van der Waals surface area contributed by atoms with Gasteiger partial charge in [0.2, 0.25) is 5.90 Å². The molecule has 0 radical (unpaired) electrons. The van der Waals surface area contributed by atoms with Crippen LogP contribution in [0.3, 0.4) is 0 Å². The number of carbonyl (C=O) groups is 1. The average molecular weight is 327 g/mol. The van der Waals surface area contributed by atoms with Crippen molar-refractivity contribution in [2.45, 2.75) is 13.8 Å². The van der Waals surface area contributed by atoms with Gasteiger partial charge in [0, 0.05) is 5.56 Å². The summed E-state index contributed by atoms with van der Waals surface area (Å²) in [5.74, 6) is -0.0475. The van der Waals surface area contributed by atoms with Gasteiger partial charge < -0.3 is 4.74 Å². The van der Waals surface area contributed by atoms with Gasteiger partial charge in [-0.05, 0) is 53.5 Å². The van der Waals surface area contributed by atoms with Crippen LogP contribution >= 0.6 is 0 Å². The third-order valence-electron chi connectivity index (χ3n) is 4.46. The quantitative estimate of drug-likeness (QED) is 0.501. The Hall–Kier alpha value is -3.20. The van der Waals surface area contributed by atoms with Gasteiger partial charge >= 0.3 is 5.97 Å². The maximum atomic E-state index is 12.3. The van der Waals surface area contributed by atoms with Crippen molar-refractivity contribution in [3.8, 4) is 0 Å². The molecule has 122 valence electrons. The summed E-state index contributed by atoms with van der Waals surface area (Å²) in [5, 5.41) is 2.27. The molecule has 0 saturated carbocycles. The van der Waals surface area contributed by atoms with E-state index in [2.05, 4.69) is 30.1 Å². The first-order valence-corrected chi connectivity index (χ1v) is 8.20. The molecule has 25 heavy (non-hydrogen) atoms. The van der Waals surface area contributed by atoms with Gasteiger partial charge in [-0.25, -0.2) is 9.79 Å². The zero-order valence-electron chi connectivity index (χ0n) is 14.1. The highest BCUT2D eigenvalue weighted by atomic mass is 16.6. The molecule has 4 rings (SSSR count). The fraction of sp³-hybridized carbons (Fsp3) is 0.0909. The first kappa shape index (κ1) is 15.3. The van der Waals surface area contributed by atoms with Crippen LogP contribution in [0.25, 0.3) is 16.8 Å². The van der Waals surface area contributed by atoms with Gasteiger partial charge in [-0.1, -0.05) is 54.6 Å². The number of esters is 1. The van der Waals surface area contributed by atoms with E-state index in [0.29, 0.717) is 11.6 Å². The van der Waals surface area contributed by atoms with Gasteiger partial charge in [-0.15, -0.1) is 0 Å². The molecule has 0 aromatic heterocycles. The van der Waals surface area contributed by atoms with Crippen molar-refractivity contribution >= 4 is 28.7 Å². The molecule has 0 amide bonds. The molecule has 1 heterocycles. The van der Waals surface area contributed by atoms with Crippen molar-refractivity contribution < 1.29 is 9.53 Å². The molecule has 3 heteroatoms. The van der Waals surface area contributed by atoms with Crippen molar-refractivity contribution in [3.05, 3.63) is 88.6 Å². The highest BCUT2D eigenvalue weighted by Gasteiger charge is 2.25. The number of fused-ring (bicyclic) bond motifs is 1. The van der Waals surface area contributed by atoms with Crippen LogP contribution in [0.15, 0.2) is 71.4 Å². The zero-order chi connectivity index (χ0) is 17.4. The number of aryl methyl sites for hydroxylation is 2. The van der Waals surface area contributed by atoms with Crippen LogP contribution in [0.5, 0.6) is 0 Å². The molecule has 1 aliphatic heterocycles. The summed E-state index contributed by atoms with van der Waals surface area (Å²) in [6.07, 6.45) is 1.80. The number of hydrogen-bond donors (Lipinski definition) is 0. The summed E-state index contributed by atoms with van der Waals surface area (Å²) >= 11 is 0. The summed E-state index contributed by atoms with van der Waals surface area (Å²) < 4.78 is 5.39. The van der Waals surface area contributed by atoms with Gasteiger partial charge in [0.1, 0.15) is 0 Å². The molecule has 0 fully saturated rings. The van der Waals surface area contributed by atoms with E-state index in [0.717, 1.165) is 22.1 Å². The Kier molecular flexibility index (Phi) is 3.69. The SMILES string of the molecule is Cc1ccccc1C1=N/C(=C\c2ccc(C)c3ccccc23)C(=O)O1. The summed E-state index contributed by atoms with van der Waals surface area (Å²) in [6, 6.07) is 20.0. The summed E-state index contributed by atoms with van der Waals surface area (Å²) in [7, 11) is 0. The lowest BCUT2D eigenvalue weighted by Crippen LogP contribution is -2.06. The Morgan fingerprint density at radius 2 is 1.56 bits per heavy atom. The second-order valence-corrected chi connectivity index (χ2v) is 6.17. The third kappa shape index (κ3) is 2.74. The lowest BCUT2D eigenvalue weighted by Gasteiger charge is -2.05. The van der Waals surface area contributed by atoms with E-state index in [4.69, 9.17) is 4.74 Å². The molecule has 0 N–H and O–H groups in total. The average Bonchev–Trinajstić information content (AvgIpc) is 2.98. The van der Waals surface area contributed by atoms with E-state index in [1.807, 2.05) is 49.4 Å². The number of benzene rings is 3. The summed E-state index contributed by atoms with van der Waals surface area (Å²) in [4.78, 5) is 16.7. The second kappa shape index (κ2) is 6.02. The van der Waals surface area contributed by atoms with E-state index in [1.54, 1.807) is 6.08 Å². The first-order chi connectivity index (χ1) is 12.1. The first-order valence-electron chi connectivity index (χ1n) is 8.20. The topological polar surface area (TPSA) is 38.7 Å². The monoisotopic (exact) mass is 327 g/mol. The predicted octanol–water partition coefficient (Wildman–Crippen LogP) is 4.80. The van der Waals surface area contributed by atoms with Crippen molar-refractivity contribution in [2.24, 2.45) is 4.99 Å². The Labute approximate surface area is 146 Å².